The summed E-state index contributed by atoms with van der Waals surface area (Å²) in [6.07, 6.45) is 2.97. The maximum Gasteiger partial charge on any atom is 0.316 e. The first-order chi connectivity index (χ1) is 9.28. The van der Waals surface area contributed by atoms with Crippen LogP contribution in [0.3, 0.4) is 0 Å². The largest absolute Gasteiger partial charge is 0.463 e. The van der Waals surface area contributed by atoms with Gasteiger partial charge in [0.1, 0.15) is 6.61 Å². The number of carbonyl (C=O) groups excluding carboxylic acids is 1. The second kappa shape index (κ2) is 4.97. The number of hydrogen-bond donors (Lipinski definition) is 0. The van der Waals surface area contributed by atoms with Gasteiger partial charge in [0.15, 0.2) is 0 Å². The Morgan fingerprint density at radius 3 is 3.05 bits per heavy atom. The lowest BCUT2D eigenvalue weighted by Crippen LogP contribution is -2.34. The lowest BCUT2D eigenvalue weighted by atomic mass is 9.79. The maximum absolute atomic E-state index is 12.5. The highest BCUT2D eigenvalue weighted by atomic mass is 16.6. The first-order valence-electron chi connectivity index (χ1n) is 7.12. The number of fused-ring (bicyclic) bond motifs is 5. The Hall–Kier alpha value is -1.35. The molecule has 0 radical (unpaired) electrons. The standard InChI is InChI=1S/C16H20O3/c1-2-18-9-10-19-15(17)16-8-7-12(11-16)13-5-3-4-6-14(13)16/h3-6,12H,2,7-11H2,1H3. The fourth-order valence-electron chi connectivity index (χ4n) is 3.62. The zero-order valence-electron chi connectivity index (χ0n) is 11.4. The van der Waals surface area contributed by atoms with E-state index in [4.69, 9.17) is 9.47 Å². The average Bonchev–Trinajstić information content (AvgIpc) is 3.02. The zero-order chi connectivity index (χ0) is 13.3. The molecule has 102 valence electrons. The van der Waals surface area contributed by atoms with Crippen molar-refractivity contribution in [3.63, 3.8) is 0 Å². The van der Waals surface area contributed by atoms with E-state index in [0.717, 1.165) is 19.3 Å². The van der Waals surface area contributed by atoms with Gasteiger partial charge in [0.2, 0.25) is 0 Å². The van der Waals surface area contributed by atoms with Crippen LogP contribution in [0.15, 0.2) is 24.3 Å². The van der Waals surface area contributed by atoms with Crippen LogP contribution in [-0.4, -0.2) is 25.8 Å². The van der Waals surface area contributed by atoms with Gasteiger partial charge in [0.05, 0.1) is 12.0 Å². The third-order valence-electron chi connectivity index (χ3n) is 4.49. The van der Waals surface area contributed by atoms with Crippen molar-refractivity contribution in [1.82, 2.24) is 0 Å². The molecule has 0 heterocycles. The molecule has 2 aliphatic rings. The third-order valence-corrected chi connectivity index (χ3v) is 4.49. The smallest absolute Gasteiger partial charge is 0.316 e. The molecule has 1 aromatic carbocycles. The third kappa shape index (κ3) is 1.96. The van der Waals surface area contributed by atoms with Crippen LogP contribution in [0.2, 0.25) is 0 Å². The summed E-state index contributed by atoms with van der Waals surface area (Å²) in [4.78, 5) is 12.5. The van der Waals surface area contributed by atoms with E-state index < -0.39 is 0 Å². The highest BCUT2D eigenvalue weighted by Gasteiger charge is 2.54. The molecule has 0 N–H and O–H groups in total. The first kappa shape index (κ1) is 12.7. The summed E-state index contributed by atoms with van der Waals surface area (Å²) in [6, 6.07) is 8.34. The Morgan fingerprint density at radius 2 is 2.21 bits per heavy atom. The molecule has 2 bridgehead atoms. The van der Waals surface area contributed by atoms with Crippen LogP contribution >= 0.6 is 0 Å². The van der Waals surface area contributed by atoms with Crippen LogP contribution in [0.1, 0.15) is 43.2 Å². The summed E-state index contributed by atoms with van der Waals surface area (Å²) in [5, 5.41) is 0. The number of rotatable bonds is 5. The SMILES string of the molecule is CCOCCOC(=O)C12CCC(C1)c1ccccc12. The number of esters is 1. The van der Waals surface area contributed by atoms with Crippen LogP contribution in [0.5, 0.6) is 0 Å². The molecule has 1 fully saturated rings. The molecule has 3 rings (SSSR count). The summed E-state index contributed by atoms with van der Waals surface area (Å²) in [6.45, 7) is 3.45. The molecule has 2 unspecified atom stereocenters. The minimum absolute atomic E-state index is 0.0559. The van der Waals surface area contributed by atoms with Crippen molar-refractivity contribution >= 4 is 5.97 Å². The molecular weight excluding hydrogens is 240 g/mol. The highest BCUT2D eigenvalue weighted by Crippen LogP contribution is 2.57. The van der Waals surface area contributed by atoms with Gasteiger partial charge in [-0.3, -0.25) is 4.79 Å². The number of hydrogen-bond acceptors (Lipinski definition) is 3. The molecule has 2 aliphatic carbocycles. The molecule has 1 saturated carbocycles. The van der Waals surface area contributed by atoms with Crippen molar-refractivity contribution in [3.05, 3.63) is 35.4 Å². The number of benzene rings is 1. The lowest BCUT2D eigenvalue weighted by molar-refractivity contribution is -0.151. The summed E-state index contributed by atoms with van der Waals surface area (Å²) < 4.78 is 10.7. The molecule has 0 aromatic heterocycles. The normalized spacial score (nSPS) is 27.3. The molecule has 3 heteroatoms. The summed E-state index contributed by atoms with van der Waals surface area (Å²) in [7, 11) is 0. The first-order valence-corrected chi connectivity index (χ1v) is 7.12. The van der Waals surface area contributed by atoms with E-state index in [2.05, 4.69) is 18.2 Å². The van der Waals surface area contributed by atoms with Crippen molar-refractivity contribution < 1.29 is 14.3 Å². The van der Waals surface area contributed by atoms with Crippen LogP contribution in [0.25, 0.3) is 0 Å². The summed E-state index contributed by atoms with van der Waals surface area (Å²) >= 11 is 0. The van der Waals surface area contributed by atoms with Crippen LogP contribution in [-0.2, 0) is 19.7 Å². The average molecular weight is 260 g/mol. The summed E-state index contributed by atoms with van der Waals surface area (Å²) in [5.41, 5.74) is 2.19. The van der Waals surface area contributed by atoms with Crippen molar-refractivity contribution in [2.75, 3.05) is 19.8 Å². The molecule has 0 amide bonds. The van der Waals surface area contributed by atoms with Gasteiger partial charge in [-0.05, 0) is 43.2 Å². The Balaban J connectivity index is 1.75. The fraction of sp³-hybridized carbons (Fsp3) is 0.562. The zero-order valence-corrected chi connectivity index (χ0v) is 11.4. The van der Waals surface area contributed by atoms with Gasteiger partial charge in [-0.15, -0.1) is 0 Å². The van der Waals surface area contributed by atoms with E-state index >= 15 is 0 Å². The minimum Gasteiger partial charge on any atom is -0.463 e. The Morgan fingerprint density at radius 1 is 1.37 bits per heavy atom. The van der Waals surface area contributed by atoms with Crippen molar-refractivity contribution in [2.45, 2.75) is 37.5 Å². The minimum atomic E-state index is -0.368. The molecular formula is C16H20O3. The lowest BCUT2D eigenvalue weighted by Gasteiger charge is -2.26. The van der Waals surface area contributed by atoms with E-state index in [1.165, 1.54) is 11.1 Å². The van der Waals surface area contributed by atoms with Gasteiger partial charge in [-0.2, -0.15) is 0 Å². The van der Waals surface area contributed by atoms with Gasteiger partial charge >= 0.3 is 5.97 Å². The monoisotopic (exact) mass is 260 g/mol. The summed E-state index contributed by atoms with van der Waals surface area (Å²) in [5.74, 6) is 0.496. The molecule has 0 saturated heterocycles. The van der Waals surface area contributed by atoms with E-state index in [0.29, 0.717) is 25.7 Å². The number of carbonyl (C=O) groups is 1. The molecule has 0 spiro atoms. The maximum atomic E-state index is 12.5. The predicted octanol–water partition coefficient (Wildman–Crippen LogP) is 2.79. The predicted molar refractivity (Wildman–Crippen MR) is 72.2 cm³/mol. The van der Waals surface area contributed by atoms with Crippen molar-refractivity contribution in [2.24, 2.45) is 0 Å². The van der Waals surface area contributed by atoms with Gasteiger partial charge < -0.3 is 9.47 Å². The quantitative estimate of drug-likeness (QED) is 0.603. The van der Waals surface area contributed by atoms with E-state index in [1.807, 2.05) is 13.0 Å². The molecule has 2 atom stereocenters. The Kier molecular flexibility index (Phi) is 3.31. The van der Waals surface area contributed by atoms with Crippen molar-refractivity contribution in [3.8, 4) is 0 Å². The van der Waals surface area contributed by atoms with Gasteiger partial charge in [-0.25, -0.2) is 0 Å². The van der Waals surface area contributed by atoms with Gasteiger partial charge in [0.25, 0.3) is 0 Å². The fourth-order valence-corrected chi connectivity index (χ4v) is 3.62. The second-order valence-electron chi connectivity index (χ2n) is 5.44. The van der Waals surface area contributed by atoms with Crippen LogP contribution in [0.4, 0.5) is 0 Å². The molecule has 19 heavy (non-hydrogen) atoms. The molecule has 0 aliphatic heterocycles. The Bertz CT molecular complexity index is 483. The van der Waals surface area contributed by atoms with E-state index in [1.54, 1.807) is 0 Å². The topological polar surface area (TPSA) is 35.5 Å². The Labute approximate surface area is 113 Å². The van der Waals surface area contributed by atoms with Crippen molar-refractivity contribution in [1.29, 1.82) is 0 Å². The molecule has 3 nitrogen and oxygen atoms in total. The van der Waals surface area contributed by atoms with Crippen LogP contribution < -0.4 is 0 Å². The van der Waals surface area contributed by atoms with E-state index in [-0.39, 0.29) is 11.4 Å². The molecule has 1 aromatic rings. The number of ether oxygens (including phenoxy) is 2. The highest BCUT2D eigenvalue weighted by molar-refractivity contribution is 5.86. The van der Waals surface area contributed by atoms with Gasteiger partial charge in [0, 0.05) is 6.61 Å². The van der Waals surface area contributed by atoms with E-state index in [9.17, 15) is 4.79 Å². The van der Waals surface area contributed by atoms with Gasteiger partial charge in [-0.1, -0.05) is 24.3 Å². The second-order valence-corrected chi connectivity index (χ2v) is 5.44. The van der Waals surface area contributed by atoms with Crippen LogP contribution in [0, 0.1) is 0 Å².